The zero-order valence-electron chi connectivity index (χ0n) is 28.2. The highest BCUT2D eigenvalue weighted by molar-refractivity contribution is 6.09. The number of ether oxygens (including phenoxy) is 1. The summed E-state index contributed by atoms with van der Waals surface area (Å²) in [5.74, 6) is 2.46. The highest BCUT2D eigenvalue weighted by atomic mass is 16.5. The molecule has 236 valence electrons. The summed E-state index contributed by atoms with van der Waals surface area (Å²) in [4.78, 5) is 4.86. The Bertz CT molecular complexity index is 2220. The first-order chi connectivity index (χ1) is 22.8. The first-order valence-corrected chi connectivity index (χ1v) is 16.7. The summed E-state index contributed by atoms with van der Waals surface area (Å²) in [6.45, 7) is 13.3. The minimum absolute atomic E-state index is 0.0866. The van der Waals surface area contributed by atoms with E-state index in [4.69, 9.17) is 14.8 Å². The summed E-state index contributed by atoms with van der Waals surface area (Å²) in [6, 6.07) is 36.3. The van der Waals surface area contributed by atoms with E-state index in [9.17, 15) is 0 Å². The van der Waals surface area contributed by atoms with Gasteiger partial charge in [-0.3, -0.25) is 4.57 Å². The van der Waals surface area contributed by atoms with E-state index in [1.807, 2.05) is 29.1 Å². The molecule has 0 fully saturated rings. The average Bonchev–Trinajstić information content (AvgIpc) is 3.57. The molecule has 5 nitrogen and oxygen atoms in total. The van der Waals surface area contributed by atoms with Gasteiger partial charge < -0.3 is 4.74 Å². The van der Waals surface area contributed by atoms with Crippen molar-refractivity contribution in [1.29, 1.82) is 0 Å². The van der Waals surface area contributed by atoms with Gasteiger partial charge >= 0.3 is 0 Å². The zero-order valence-corrected chi connectivity index (χ0v) is 28.2. The topological polar surface area (TPSA) is 44.9 Å². The van der Waals surface area contributed by atoms with Crippen LogP contribution in [0.15, 0.2) is 109 Å². The number of aryl methyl sites for hydroxylation is 2. The van der Waals surface area contributed by atoms with Gasteiger partial charge in [0.1, 0.15) is 17.3 Å². The van der Waals surface area contributed by atoms with Crippen LogP contribution in [0.2, 0.25) is 0 Å². The molecule has 0 radical (unpaired) electrons. The summed E-state index contributed by atoms with van der Waals surface area (Å²) in [5.41, 5.74) is 10.3. The van der Waals surface area contributed by atoms with E-state index in [0.29, 0.717) is 0 Å². The molecule has 0 amide bonds. The lowest BCUT2D eigenvalue weighted by Crippen LogP contribution is -2.15. The number of aromatic nitrogens is 4. The van der Waals surface area contributed by atoms with Crippen molar-refractivity contribution < 1.29 is 4.74 Å². The van der Waals surface area contributed by atoms with Crippen molar-refractivity contribution in [2.45, 2.75) is 66.2 Å². The molecule has 7 aromatic rings. The number of rotatable bonds is 9. The van der Waals surface area contributed by atoms with Crippen LogP contribution in [0, 0.1) is 13.8 Å². The fraction of sp³-hybridized carbons (Fsp3) is 0.238. The molecule has 0 saturated carbocycles. The van der Waals surface area contributed by atoms with E-state index in [1.165, 1.54) is 27.5 Å². The zero-order chi connectivity index (χ0) is 32.7. The molecular formula is C42H42N4O. The Balaban J connectivity index is 1.31. The van der Waals surface area contributed by atoms with Gasteiger partial charge in [0.25, 0.3) is 0 Å². The quantitative estimate of drug-likeness (QED) is 0.162. The highest BCUT2D eigenvalue weighted by Crippen LogP contribution is 2.38. The molecule has 0 aliphatic rings. The van der Waals surface area contributed by atoms with Crippen molar-refractivity contribution in [3.63, 3.8) is 0 Å². The molecule has 5 heteroatoms. The maximum absolute atomic E-state index is 6.58. The predicted molar refractivity (Wildman–Crippen MR) is 194 cm³/mol. The summed E-state index contributed by atoms with van der Waals surface area (Å²) in [7, 11) is 0. The lowest BCUT2D eigenvalue weighted by molar-refractivity contribution is 0.482. The van der Waals surface area contributed by atoms with Gasteiger partial charge in [0.2, 0.25) is 0 Å². The molecule has 3 aromatic heterocycles. The summed E-state index contributed by atoms with van der Waals surface area (Å²) in [5, 5.41) is 7.34. The second-order valence-electron chi connectivity index (χ2n) is 13.2. The van der Waals surface area contributed by atoms with Gasteiger partial charge in [-0.15, -0.1) is 0 Å². The number of benzene rings is 4. The van der Waals surface area contributed by atoms with Gasteiger partial charge in [0, 0.05) is 40.4 Å². The van der Waals surface area contributed by atoms with Crippen LogP contribution in [0.1, 0.15) is 63.1 Å². The minimum Gasteiger partial charge on any atom is -0.457 e. The monoisotopic (exact) mass is 618 g/mol. The third kappa shape index (κ3) is 5.61. The first kappa shape index (κ1) is 30.5. The van der Waals surface area contributed by atoms with Crippen molar-refractivity contribution in [3.05, 3.63) is 132 Å². The van der Waals surface area contributed by atoms with E-state index >= 15 is 0 Å². The summed E-state index contributed by atoms with van der Waals surface area (Å²) >= 11 is 0. The fourth-order valence-electron chi connectivity index (χ4n) is 6.69. The molecule has 47 heavy (non-hydrogen) atoms. The van der Waals surface area contributed by atoms with Gasteiger partial charge in [-0.1, -0.05) is 76.6 Å². The van der Waals surface area contributed by atoms with Gasteiger partial charge in [0.05, 0.1) is 22.4 Å². The van der Waals surface area contributed by atoms with E-state index in [1.54, 1.807) is 0 Å². The van der Waals surface area contributed by atoms with Gasteiger partial charge in [-0.25, -0.2) is 9.67 Å². The smallest absolute Gasteiger partial charge is 0.137 e. The normalized spacial score (nSPS) is 11.9. The molecular weight excluding hydrogens is 576 g/mol. The van der Waals surface area contributed by atoms with Crippen LogP contribution >= 0.6 is 0 Å². The molecule has 4 aromatic carbocycles. The Morgan fingerprint density at radius 3 is 2.34 bits per heavy atom. The third-order valence-corrected chi connectivity index (χ3v) is 9.63. The van der Waals surface area contributed by atoms with Crippen LogP contribution in [0.5, 0.6) is 11.5 Å². The van der Waals surface area contributed by atoms with Gasteiger partial charge in [0.15, 0.2) is 0 Å². The van der Waals surface area contributed by atoms with Crippen LogP contribution in [0.25, 0.3) is 44.4 Å². The lowest BCUT2D eigenvalue weighted by Gasteiger charge is -2.23. The van der Waals surface area contributed by atoms with Crippen molar-refractivity contribution >= 4 is 21.8 Å². The molecule has 0 atom stereocenters. The minimum atomic E-state index is 0.0866. The standard InChI is InChI=1S/C42H42N4O/c1-7-13-30-22-23-43-40(24-30)45-38-21-18-32(42(5,6)8-2)25-37(38)36-20-19-35(27-39(36)45)47-34-17-12-16-33(26-34)46-29(4)41(28(3)44-46)31-14-10-9-11-15-31/h9-12,14-27H,7-8,13H2,1-6H3. The van der Waals surface area contributed by atoms with Crippen LogP contribution in [0.3, 0.4) is 0 Å². The van der Waals surface area contributed by atoms with Crippen molar-refractivity contribution in [2.24, 2.45) is 0 Å². The van der Waals surface area contributed by atoms with Crippen molar-refractivity contribution in [1.82, 2.24) is 19.3 Å². The maximum atomic E-state index is 6.58. The number of hydrogen-bond acceptors (Lipinski definition) is 3. The summed E-state index contributed by atoms with van der Waals surface area (Å²) < 4.78 is 10.9. The van der Waals surface area contributed by atoms with Crippen LogP contribution < -0.4 is 4.74 Å². The Labute approximate surface area is 277 Å². The Hall–Kier alpha value is -5.16. The van der Waals surface area contributed by atoms with Crippen molar-refractivity contribution in [3.8, 4) is 34.1 Å². The molecule has 0 bridgehead atoms. The maximum Gasteiger partial charge on any atom is 0.137 e. The molecule has 0 saturated heterocycles. The number of fused-ring (bicyclic) bond motifs is 3. The Morgan fingerprint density at radius 2 is 1.55 bits per heavy atom. The first-order valence-electron chi connectivity index (χ1n) is 16.7. The average molecular weight is 619 g/mol. The second-order valence-corrected chi connectivity index (χ2v) is 13.2. The second kappa shape index (κ2) is 12.2. The van der Waals surface area contributed by atoms with E-state index < -0.39 is 0 Å². The summed E-state index contributed by atoms with van der Waals surface area (Å²) in [6.07, 6.45) is 5.11. The SMILES string of the molecule is CCCc1ccnc(-n2c3ccc(C(C)(C)CC)cc3c3ccc(Oc4cccc(-n5nc(C)c(-c6ccccc6)c5C)c4)cc32)c1. The fourth-order valence-corrected chi connectivity index (χ4v) is 6.69. The van der Waals surface area contributed by atoms with Crippen LogP contribution in [-0.4, -0.2) is 19.3 Å². The van der Waals surface area contributed by atoms with Crippen LogP contribution in [0.4, 0.5) is 0 Å². The highest BCUT2D eigenvalue weighted by Gasteiger charge is 2.22. The van der Waals surface area contributed by atoms with E-state index in [0.717, 1.165) is 70.3 Å². The molecule has 0 aliphatic heterocycles. The molecule has 7 rings (SSSR count). The molecule has 0 aliphatic carbocycles. The number of pyridine rings is 1. The van der Waals surface area contributed by atoms with Crippen LogP contribution in [-0.2, 0) is 11.8 Å². The van der Waals surface area contributed by atoms with Gasteiger partial charge in [-0.2, -0.15) is 5.10 Å². The molecule has 3 heterocycles. The van der Waals surface area contributed by atoms with E-state index in [2.05, 4.69) is 131 Å². The lowest BCUT2D eigenvalue weighted by atomic mass is 9.82. The molecule has 0 spiro atoms. The largest absolute Gasteiger partial charge is 0.457 e. The number of nitrogens with zero attached hydrogens (tertiary/aromatic N) is 4. The van der Waals surface area contributed by atoms with Crippen molar-refractivity contribution in [2.75, 3.05) is 0 Å². The number of hydrogen-bond donors (Lipinski definition) is 0. The van der Waals surface area contributed by atoms with E-state index in [-0.39, 0.29) is 5.41 Å². The third-order valence-electron chi connectivity index (χ3n) is 9.63. The molecule has 0 unspecified atom stereocenters. The Morgan fingerprint density at radius 1 is 0.745 bits per heavy atom. The Kier molecular flexibility index (Phi) is 7.93. The van der Waals surface area contributed by atoms with Gasteiger partial charge in [-0.05, 0) is 97.3 Å². The predicted octanol–water partition coefficient (Wildman–Crippen LogP) is 11.1. The molecule has 0 N–H and O–H groups in total.